The van der Waals surface area contributed by atoms with Crippen LogP contribution in [0.4, 0.5) is 5.69 Å². The quantitative estimate of drug-likeness (QED) is 0.644. The molecule has 4 rings (SSSR count). The Labute approximate surface area is 162 Å². The normalized spacial score (nSPS) is 18.5. The molecule has 28 heavy (non-hydrogen) atoms. The molecule has 2 amide bonds. The Hall–Kier alpha value is -3.53. The lowest BCUT2D eigenvalue weighted by molar-refractivity contribution is -0.122. The third-order valence-corrected chi connectivity index (χ3v) is 5.00. The molecule has 0 bridgehead atoms. The molecule has 0 spiro atoms. The summed E-state index contributed by atoms with van der Waals surface area (Å²) in [7, 11) is 0. The number of rotatable bonds is 5. The summed E-state index contributed by atoms with van der Waals surface area (Å²) in [5, 5.41) is 18.7. The molecule has 1 unspecified atom stereocenters. The van der Waals surface area contributed by atoms with Gasteiger partial charge in [0, 0.05) is 29.3 Å². The SMILES string of the molecule is CC1=CNC(NC(=O)C2CC2)C=C1c1c[nH]c2c(NC(=O)CC#N)cccc12. The highest BCUT2D eigenvalue weighted by molar-refractivity contribution is 6.06. The van der Waals surface area contributed by atoms with Gasteiger partial charge in [0.1, 0.15) is 12.6 Å². The molecule has 1 aromatic carbocycles. The van der Waals surface area contributed by atoms with Crippen molar-refractivity contribution in [2.45, 2.75) is 32.4 Å². The number of aromatic nitrogens is 1. The maximum Gasteiger partial charge on any atom is 0.238 e. The number of hydrogen-bond acceptors (Lipinski definition) is 4. The number of dihydropyridines is 1. The topological polar surface area (TPSA) is 110 Å². The summed E-state index contributed by atoms with van der Waals surface area (Å²) in [4.78, 5) is 27.1. The molecular weight excluding hydrogens is 354 g/mol. The van der Waals surface area contributed by atoms with E-state index >= 15 is 0 Å². The van der Waals surface area contributed by atoms with E-state index in [9.17, 15) is 9.59 Å². The molecule has 0 radical (unpaired) electrons. The largest absolute Gasteiger partial charge is 0.368 e. The molecule has 1 aliphatic heterocycles. The molecule has 142 valence electrons. The number of nitrogens with one attached hydrogen (secondary N) is 4. The Balaban J connectivity index is 1.64. The molecule has 4 N–H and O–H groups in total. The first-order valence-corrected chi connectivity index (χ1v) is 9.29. The summed E-state index contributed by atoms with van der Waals surface area (Å²) >= 11 is 0. The van der Waals surface area contributed by atoms with Crippen LogP contribution in [0, 0.1) is 17.2 Å². The molecular formula is C21H21N5O2. The van der Waals surface area contributed by atoms with Crippen LogP contribution in [-0.2, 0) is 9.59 Å². The number of fused-ring (bicyclic) bond motifs is 1. The van der Waals surface area contributed by atoms with Crippen LogP contribution in [0.3, 0.4) is 0 Å². The van der Waals surface area contributed by atoms with Gasteiger partial charge in [0.15, 0.2) is 0 Å². The van der Waals surface area contributed by atoms with Crippen LogP contribution in [0.1, 0.15) is 31.7 Å². The van der Waals surface area contributed by atoms with Crippen LogP contribution in [0.2, 0.25) is 0 Å². The van der Waals surface area contributed by atoms with Crippen molar-refractivity contribution < 1.29 is 9.59 Å². The van der Waals surface area contributed by atoms with Crippen molar-refractivity contribution in [3.63, 3.8) is 0 Å². The summed E-state index contributed by atoms with van der Waals surface area (Å²) in [6, 6.07) is 7.50. The van der Waals surface area contributed by atoms with Crippen molar-refractivity contribution in [2.24, 2.45) is 5.92 Å². The van der Waals surface area contributed by atoms with E-state index in [1.54, 1.807) is 6.07 Å². The van der Waals surface area contributed by atoms with E-state index in [0.29, 0.717) is 5.69 Å². The number of benzene rings is 1. The average Bonchev–Trinajstić information content (AvgIpc) is 3.44. The first-order valence-electron chi connectivity index (χ1n) is 9.29. The Kier molecular flexibility index (Phi) is 4.62. The second kappa shape index (κ2) is 7.24. The zero-order valence-electron chi connectivity index (χ0n) is 15.5. The molecule has 1 atom stereocenters. The molecule has 2 aromatic rings. The van der Waals surface area contributed by atoms with Crippen LogP contribution in [0.25, 0.3) is 16.5 Å². The van der Waals surface area contributed by atoms with Gasteiger partial charge in [0.25, 0.3) is 0 Å². The number of para-hydroxylation sites is 1. The number of anilines is 1. The second-order valence-corrected chi connectivity index (χ2v) is 7.15. The maximum absolute atomic E-state index is 12.1. The zero-order chi connectivity index (χ0) is 19.7. The van der Waals surface area contributed by atoms with Crippen molar-refractivity contribution in [1.29, 1.82) is 5.26 Å². The lowest BCUT2D eigenvalue weighted by Crippen LogP contribution is -2.44. The van der Waals surface area contributed by atoms with E-state index in [4.69, 9.17) is 5.26 Å². The van der Waals surface area contributed by atoms with Gasteiger partial charge < -0.3 is 20.9 Å². The molecule has 7 heteroatoms. The number of allylic oxidation sites excluding steroid dienone is 2. The minimum absolute atomic E-state index is 0.0856. The third-order valence-electron chi connectivity index (χ3n) is 5.00. The van der Waals surface area contributed by atoms with E-state index < -0.39 is 0 Å². The lowest BCUT2D eigenvalue weighted by atomic mass is 9.96. The van der Waals surface area contributed by atoms with Crippen molar-refractivity contribution in [3.05, 3.63) is 47.8 Å². The van der Waals surface area contributed by atoms with Gasteiger partial charge in [-0.25, -0.2) is 0 Å². The molecule has 1 aliphatic carbocycles. The van der Waals surface area contributed by atoms with Crippen LogP contribution in [0.5, 0.6) is 0 Å². The van der Waals surface area contributed by atoms with Gasteiger partial charge in [-0.15, -0.1) is 0 Å². The predicted molar refractivity (Wildman–Crippen MR) is 107 cm³/mol. The summed E-state index contributed by atoms with van der Waals surface area (Å²) in [6.45, 7) is 2.01. The lowest BCUT2D eigenvalue weighted by Gasteiger charge is -2.23. The first-order chi connectivity index (χ1) is 13.6. The monoisotopic (exact) mass is 375 g/mol. The fourth-order valence-electron chi connectivity index (χ4n) is 3.39. The molecule has 1 aromatic heterocycles. The van der Waals surface area contributed by atoms with Crippen molar-refractivity contribution in [2.75, 3.05) is 5.32 Å². The Bertz CT molecular complexity index is 1050. The average molecular weight is 375 g/mol. The number of hydrogen-bond donors (Lipinski definition) is 4. The minimum atomic E-state index is -0.342. The van der Waals surface area contributed by atoms with Crippen LogP contribution >= 0.6 is 0 Å². The first kappa shape index (κ1) is 17.9. The van der Waals surface area contributed by atoms with E-state index in [-0.39, 0.29) is 30.3 Å². The number of nitriles is 1. The van der Waals surface area contributed by atoms with Gasteiger partial charge in [0.2, 0.25) is 11.8 Å². The highest BCUT2D eigenvalue weighted by atomic mass is 16.2. The van der Waals surface area contributed by atoms with E-state index in [0.717, 1.165) is 40.5 Å². The Morgan fingerprint density at radius 1 is 1.32 bits per heavy atom. The summed E-state index contributed by atoms with van der Waals surface area (Å²) in [5.74, 6) is -0.105. The van der Waals surface area contributed by atoms with E-state index in [1.165, 1.54) is 0 Å². The number of amides is 2. The molecule has 1 saturated carbocycles. The number of carbonyl (C=O) groups excluding carboxylic acids is 2. The van der Waals surface area contributed by atoms with Gasteiger partial charge in [-0.2, -0.15) is 5.26 Å². The van der Waals surface area contributed by atoms with E-state index in [2.05, 4.69) is 20.9 Å². The molecule has 1 fully saturated rings. The summed E-state index contributed by atoms with van der Waals surface area (Å²) < 4.78 is 0. The van der Waals surface area contributed by atoms with Crippen molar-refractivity contribution >= 4 is 34.0 Å². The zero-order valence-corrected chi connectivity index (χ0v) is 15.5. The van der Waals surface area contributed by atoms with Gasteiger partial charge in [-0.05, 0) is 43.1 Å². The molecule has 0 saturated heterocycles. The summed E-state index contributed by atoms with van der Waals surface area (Å²) in [5.41, 5.74) is 4.50. The third kappa shape index (κ3) is 3.49. The number of aromatic amines is 1. The van der Waals surface area contributed by atoms with Gasteiger partial charge in [-0.3, -0.25) is 9.59 Å². The predicted octanol–water partition coefficient (Wildman–Crippen LogP) is 2.76. The fourth-order valence-corrected chi connectivity index (χ4v) is 3.39. The van der Waals surface area contributed by atoms with Gasteiger partial charge in [-0.1, -0.05) is 12.1 Å². The van der Waals surface area contributed by atoms with Crippen molar-refractivity contribution in [1.82, 2.24) is 15.6 Å². The fraction of sp³-hybridized carbons (Fsp3) is 0.286. The molecule has 2 heterocycles. The Morgan fingerprint density at radius 2 is 2.14 bits per heavy atom. The van der Waals surface area contributed by atoms with Crippen LogP contribution in [-0.4, -0.2) is 23.0 Å². The van der Waals surface area contributed by atoms with Crippen molar-refractivity contribution in [3.8, 4) is 6.07 Å². The van der Waals surface area contributed by atoms with Gasteiger partial charge >= 0.3 is 0 Å². The Morgan fingerprint density at radius 3 is 2.89 bits per heavy atom. The number of nitrogens with zero attached hydrogens (tertiary/aromatic N) is 1. The standard InChI is InChI=1S/C21H21N5O2/c1-12-10-23-18(26-21(28)13-5-6-13)9-15(12)16-11-24-20-14(16)3-2-4-17(20)25-19(27)7-8-22/h2-4,9-11,13,18,23-24H,5-7H2,1H3,(H,25,27)(H,26,28). The van der Waals surface area contributed by atoms with Gasteiger partial charge in [0.05, 0.1) is 17.3 Å². The molecule has 2 aliphatic rings. The number of carbonyl (C=O) groups is 2. The summed E-state index contributed by atoms with van der Waals surface area (Å²) in [6.07, 6.45) is 7.31. The second-order valence-electron chi connectivity index (χ2n) is 7.15. The van der Waals surface area contributed by atoms with Crippen LogP contribution in [0.15, 0.2) is 42.2 Å². The molecule has 7 nitrogen and oxygen atoms in total. The smallest absolute Gasteiger partial charge is 0.238 e. The van der Waals surface area contributed by atoms with Crippen LogP contribution < -0.4 is 16.0 Å². The highest BCUT2D eigenvalue weighted by Crippen LogP contribution is 2.34. The number of H-pyrrole nitrogens is 1. The maximum atomic E-state index is 12.1. The van der Waals surface area contributed by atoms with E-state index in [1.807, 2.05) is 43.6 Å². The minimum Gasteiger partial charge on any atom is -0.368 e. The highest BCUT2D eigenvalue weighted by Gasteiger charge is 2.31.